The fourth-order valence-corrected chi connectivity index (χ4v) is 3.63. The van der Waals surface area contributed by atoms with Crippen LogP contribution in [0.15, 0.2) is 52.7 Å². The SMILES string of the molecule is CCN1C(=O)NC(c2cccc(F)c2)C(c2nc(-c3ccc(OC)c(F)c3)no2)=C1C. The predicted octanol–water partition coefficient (Wildman–Crippen LogP) is 4.54. The van der Waals surface area contributed by atoms with Crippen LogP contribution in [-0.4, -0.2) is 34.7 Å². The van der Waals surface area contributed by atoms with Crippen LogP contribution in [-0.2, 0) is 0 Å². The van der Waals surface area contributed by atoms with Gasteiger partial charge in [-0.2, -0.15) is 4.98 Å². The number of amides is 2. The van der Waals surface area contributed by atoms with Crippen LogP contribution in [0, 0.1) is 11.6 Å². The van der Waals surface area contributed by atoms with Crippen LogP contribution in [0.4, 0.5) is 13.6 Å². The quantitative estimate of drug-likeness (QED) is 0.648. The lowest BCUT2D eigenvalue weighted by molar-refractivity contribution is 0.207. The molecule has 2 heterocycles. The number of rotatable bonds is 5. The van der Waals surface area contributed by atoms with E-state index in [9.17, 15) is 13.6 Å². The fourth-order valence-electron chi connectivity index (χ4n) is 3.63. The number of aromatic nitrogens is 2. The highest BCUT2D eigenvalue weighted by Crippen LogP contribution is 2.37. The number of hydrogen-bond acceptors (Lipinski definition) is 5. The van der Waals surface area contributed by atoms with E-state index in [0.717, 1.165) is 0 Å². The second kappa shape index (κ2) is 8.17. The van der Waals surface area contributed by atoms with Gasteiger partial charge >= 0.3 is 6.03 Å². The molecule has 0 saturated carbocycles. The van der Waals surface area contributed by atoms with Gasteiger partial charge < -0.3 is 14.6 Å². The number of benzene rings is 2. The molecule has 1 aliphatic heterocycles. The van der Waals surface area contributed by atoms with Gasteiger partial charge in [-0.25, -0.2) is 13.6 Å². The summed E-state index contributed by atoms with van der Waals surface area (Å²) in [6.07, 6.45) is 0. The number of carbonyl (C=O) groups is 1. The van der Waals surface area contributed by atoms with Crippen LogP contribution in [0.1, 0.15) is 31.3 Å². The Labute approximate surface area is 177 Å². The van der Waals surface area contributed by atoms with E-state index in [4.69, 9.17) is 9.26 Å². The lowest BCUT2D eigenvalue weighted by Gasteiger charge is -2.34. The molecule has 0 spiro atoms. The molecular formula is C22H20F2N4O3. The molecule has 2 amide bonds. The summed E-state index contributed by atoms with van der Waals surface area (Å²) in [6.45, 7) is 4.02. The Morgan fingerprint density at radius 3 is 2.71 bits per heavy atom. The van der Waals surface area contributed by atoms with E-state index in [0.29, 0.717) is 28.9 Å². The van der Waals surface area contributed by atoms with Crippen LogP contribution in [0.2, 0.25) is 0 Å². The molecule has 0 radical (unpaired) electrons. The first-order valence-electron chi connectivity index (χ1n) is 9.65. The molecule has 2 aromatic carbocycles. The molecule has 31 heavy (non-hydrogen) atoms. The number of methoxy groups -OCH3 is 1. The van der Waals surface area contributed by atoms with Crippen molar-refractivity contribution >= 4 is 11.6 Å². The van der Waals surface area contributed by atoms with Gasteiger partial charge in [0.2, 0.25) is 5.82 Å². The molecule has 0 saturated heterocycles. The molecule has 160 valence electrons. The predicted molar refractivity (Wildman–Crippen MR) is 109 cm³/mol. The van der Waals surface area contributed by atoms with Gasteiger partial charge in [-0.05, 0) is 49.7 Å². The molecular weight excluding hydrogens is 406 g/mol. The van der Waals surface area contributed by atoms with E-state index in [-0.39, 0.29) is 23.5 Å². The molecule has 1 aromatic heterocycles. The summed E-state index contributed by atoms with van der Waals surface area (Å²) in [5.74, 6) is -0.555. The van der Waals surface area contributed by atoms with Crippen molar-refractivity contribution in [3.63, 3.8) is 0 Å². The molecule has 1 N–H and O–H groups in total. The highest BCUT2D eigenvalue weighted by atomic mass is 19.1. The van der Waals surface area contributed by atoms with Gasteiger partial charge in [0.15, 0.2) is 11.6 Å². The molecule has 0 bridgehead atoms. The Hall–Kier alpha value is -3.75. The zero-order valence-corrected chi connectivity index (χ0v) is 17.1. The van der Waals surface area contributed by atoms with Crippen LogP contribution in [0.5, 0.6) is 5.75 Å². The van der Waals surface area contributed by atoms with Gasteiger partial charge in [0, 0.05) is 17.8 Å². The standard InChI is InChI=1S/C22H20F2N4O3/c1-4-28-12(2)18(19(25-22(28)29)13-6-5-7-15(23)10-13)21-26-20(27-31-21)14-8-9-17(30-3)16(24)11-14/h5-11,19H,4H2,1-3H3,(H,25,29). The van der Waals surface area contributed by atoms with Gasteiger partial charge in [-0.1, -0.05) is 17.3 Å². The zero-order valence-electron chi connectivity index (χ0n) is 17.1. The number of carbonyl (C=O) groups excluding carboxylic acids is 1. The fraction of sp³-hybridized carbons (Fsp3) is 0.227. The van der Waals surface area contributed by atoms with Gasteiger partial charge in [0.25, 0.3) is 5.89 Å². The lowest BCUT2D eigenvalue weighted by Crippen LogP contribution is -2.45. The van der Waals surface area contributed by atoms with Crippen molar-refractivity contribution in [1.29, 1.82) is 0 Å². The monoisotopic (exact) mass is 426 g/mol. The van der Waals surface area contributed by atoms with E-state index in [1.54, 1.807) is 25.1 Å². The van der Waals surface area contributed by atoms with Crippen LogP contribution >= 0.6 is 0 Å². The Kier molecular flexibility index (Phi) is 5.41. The summed E-state index contributed by atoms with van der Waals surface area (Å²) in [6, 6.07) is 9.28. The van der Waals surface area contributed by atoms with Crippen molar-refractivity contribution in [3.8, 4) is 17.1 Å². The van der Waals surface area contributed by atoms with Crippen LogP contribution < -0.4 is 10.1 Å². The van der Waals surface area contributed by atoms with E-state index in [1.807, 2.05) is 6.92 Å². The number of nitrogens with zero attached hydrogens (tertiary/aromatic N) is 3. The Morgan fingerprint density at radius 1 is 1.23 bits per heavy atom. The minimum Gasteiger partial charge on any atom is -0.494 e. The second-order valence-electron chi connectivity index (χ2n) is 6.95. The largest absolute Gasteiger partial charge is 0.494 e. The summed E-state index contributed by atoms with van der Waals surface area (Å²) in [5, 5.41) is 6.85. The molecule has 0 aliphatic carbocycles. The second-order valence-corrected chi connectivity index (χ2v) is 6.95. The maximum atomic E-state index is 14.1. The van der Waals surface area contributed by atoms with Crippen molar-refractivity contribution < 1.29 is 22.8 Å². The average molecular weight is 426 g/mol. The summed E-state index contributed by atoms with van der Waals surface area (Å²) >= 11 is 0. The van der Waals surface area contributed by atoms with Crippen LogP contribution in [0.3, 0.4) is 0 Å². The van der Waals surface area contributed by atoms with Gasteiger partial charge in [-0.15, -0.1) is 0 Å². The molecule has 1 atom stereocenters. The van der Waals surface area contributed by atoms with E-state index < -0.39 is 17.7 Å². The minimum atomic E-state index is -0.688. The molecule has 4 rings (SSSR count). The molecule has 9 heteroatoms. The lowest BCUT2D eigenvalue weighted by atomic mass is 9.94. The van der Waals surface area contributed by atoms with Crippen molar-refractivity contribution in [2.75, 3.05) is 13.7 Å². The highest BCUT2D eigenvalue weighted by molar-refractivity contribution is 5.86. The molecule has 3 aromatic rings. The third-order valence-electron chi connectivity index (χ3n) is 5.16. The molecule has 1 unspecified atom stereocenters. The average Bonchev–Trinajstić information content (AvgIpc) is 3.23. The maximum absolute atomic E-state index is 14.1. The number of allylic oxidation sites excluding steroid dienone is 1. The first-order valence-corrected chi connectivity index (χ1v) is 9.65. The van der Waals surface area contributed by atoms with Crippen molar-refractivity contribution in [2.24, 2.45) is 0 Å². The van der Waals surface area contributed by atoms with Gasteiger partial charge in [-0.3, -0.25) is 4.90 Å². The normalized spacial score (nSPS) is 16.5. The van der Waals surface area contributed by atoms with E-state index >= 15 is 0 Å². The molecule has 1 aliphatic rings. The van der Waals surface area contributed by atoms with Crippen molar-refractivity contribution in [2.45, 2.75) is 19.9 Å². The third kappa shape index (κ3) is 3.74. The first-order chi connectivity index (χ1) is 14.9. The number of ether oxygens (including phenoxy) is 1. The first kappa shape index (κ1) is 20.5. The minimum absolute atomic E-state index is 0.103. The van der Waals surface area contributed by atoms with Gasteiger partial charge in [0.05, 0.1) is 18.7 Å². The number of halogens is 2. The number of urea groups is 1. The smallest absolute Gasteiger partial charge is 0.322 e. The van der Waals surface area contributed by atoms with E-state index in [1.165, 1.54) is 36.3 Å². The topological polar surface area (TPSA) is 80.5 Å². The van der Waals surface area contributed by atoms with Gasteiger partial charge in [0.1, 0.15) is 5.82 Å². The van der Waals surface area contributed by atoms with E-state index in [2.05, 4.69) is 15.5 Å². The van der Waals surface area contributed by atoms with Crippen molar-refractivity contribution in [1.82, 2.24) is 20.4 Å². The Balaban J connectivity index is 1.80. The van der Waals surface area contributed by atoms with Crippen molar-refractivity contribution in [3.05, 3.63) is 71.3 Å². The molecule has 7 nitrogen and oxygen atoms in total. The third-order valence-corrected chi connectivity index (χ3v) is 5.16. The molecule has 0 fully saturated rings. The Morgan fingerprint density at radius 2 is 2.03 bits per heavy atom. The highest BCUT2D eigenvalue weighted by Gasteiger charge is 2.35. The Bertz CT molecular complexity index is 1180. The summed E-state index contributed by atoms with van der Waals surface area (Å²) in [5.41, 5.74) is 2.09. The number of hydrogen-bond donors (Lipinski definition) is 1. The summed E-state index contributed by atoms with van der Waals surface area (Å²) in [4.78, 5) is 18.5. The summed E-state index contributed by atoms with van der Waals surface area (Å²) in [7, 11) is 1.38. The number of nitrogens with one attached hydrogen (secondary N) is 1. The van der Waals surface area contributed by atoms with Crippen LogP contribution in [0.25, 0.3) is 17.0 Å². The summed E-state index contributed by atoms with van der Waals surface area (Å²) < 4.78 is 38.4. The zero-order chi connectivity index (χ0) is 22.1. The maximum Gasteiger partial charge on any atom is 0.322 e.